The molecular formula is C49H74N6O3. The van der Waals surface area contributed by atoms with Crippen LogP contribution in [0.25, 0.3) is 11.2 Å². The number of aromatic nitrogens is 4. The number of unbranched alkanes of at least 4 members (excludes halogenated alkanes) is 1. The fourth-order valence-corrected chi connectivity index (χ4v) is 6.81. The number of hydrogen-bond donors (Lipinski definition) is 2. The summed E-state index contributed by atoms with van der Waals surface area (Å²) >= 11 is 0. The highest BCUT2D eigenvalue weighted by atomic mass is 16.5. The smallest absolute Gasteiger partial charge is 0.328 e. The van der Waals surface area contributed by atoms with Crippen molar-refractivity contribution in [1.82, 2.24) is 24.4 Å². The molecule has 0 spiro atoms. The molecule has 9 heteroatoms. The molecule has 0 unspecified atom stereocenters. The lowest BCUT2D eigenvalue weighted by Gasteiger charge is -2.17. The van der Waals surface area contributed by atoms with Crippen LogP contribution in [-0.4, -0.2) is 58.3 Å². The average molecular weight is 795 g/mol. The van der Waals surface area contributed by atoms with Gasteiger partial charge in [-0.05, 0) is 150 Å². The van der Waals surface area contributed by atoms with Gasteiger partial charge in [0, 0.05) is 13.7 Å². The molecule has 318 valence electrons. The van der Waals surface area contributed by atoms with Crippen molar-refractivity contribution >= 4 is 17.0 Å². The van der Waals surface area contributed by atoms with Gasteiger partial charge in [-0.15, -0.1) is 0 Å². The maximum atomic E-state index is 12.8. The number of hydrogen-bond acceptors (Lipinski definition) is 7. The second-order valence-electron chi connectivity index (χ2n) is 16.4. The van der Waals surface area contributed by atoms with Crippen LogP contribution in [0.1, 0.15) is 137 Å². The average Bonchev–Trinajstić information content (AvgIpc) is 3.48. The zero-order valence-electron chi connectivity index (χ0n) is 37.4. The van der Waals surface area contributed by atoms with Crippen molar-refractivity contribution in [1.29, 1.82) is 0 Å². The van der Waals surface area contributed by atoms with Crippen LogP contribution in [-0.2, 0) is 17.8 Å². The molecule has 0 radical (unpaired) electrons. The Hall–Kier alpha value is -4.47. The summed E-state index contributed by atoms with van der Waals surface area (Å²) in [6.45, 7) is 18.7. The fourth-order valence-electron chi connectivity index (χ4n) is 6.81. The normalized spacial score (nSPS) is 13.2. The monoisotopic (exact) mass is 795 g/mol. The maximum absolute atomic E-state index is 12.8. The number of methoxy groups -OCH3 is 1. The molecule has 1 aromatic carbocycles. The highest BCUT2D eigenvalue weighted by Crippen LogP contribution is 2.20. The molecular weight excluding hydrogens is 721 g/mol. The largest absolute Gasteiger partial charge is 0.461 e. The second kappa shape index (κ2) is 26.5. The first-order chi connectivity index (χ1) is 27.8. The Morgan fingerprint density at radius 2 is 1.21 bits per heavy atom. The van der Waals surface area contributed by atoms with E-state index >= 15 is 0 Å². The number of H-pyrrole nitrogens is 1. The van der Waals surface area contributed by atoms with Gasteiger partial charge in [0.05, 0.1) is 13.2 Å². The molecule has 58 heavy (non-hydrogen) atoms. The molecule has 3 N–H and O–H groups in total. The van der Waals surface area contributed by atoms with Crippen molar-refractivity contribution in [3.05, 3.63) is 116 Å². The Morgan fingerprint density at radius 3 is 1.74 bits per heavy atom. The van der Waals surface area contributed by atoms with Gasteiger partial charge in [0.25, 0.3) is 0 Å². The van der Waals surface area contributed by atoms with Gasteiger partial charge in [-0.1, -0.05) is 94.2 Å². The number of fused-ring (bicyclic) bond motifs is 1. The van der Waals surface area contributed by atoms with Gasteiger partial charge in [0.1, 0.15) is 12.1 Å². The van der Waals surface area contributed by atoms with Gasteiger partial charge in [-0.2, -0.15) is 9.97 Å². The highest BCUT2D eigenvalue weighted by Gasteiger charge is 2.15. The van der Waals surface area contributed by atoms with Crippen molar-refractivity contribution in [3.63, 3.8) is 0 Å². The van der Waals surface area contributed by atoms with E-state index in [2.05, 4.69) is 136 Å². The molecule has 0 fully saturated rings. The first-order valence-electron chi connectivity index (χ1n) is 21.4. The van der Waals surface area contributed by atoms with E-state index in [1.807, 2.05) is 0 Å². The topological polar surface area (TPSA) is 111 Å². The number of aromatic amines is 1. The molecule has 0 aliphatic heterocycles. The van der Waals surface area contributed by atoms with E-state index in [0.717, 1.165) is 82.9 Å². The number of nitrogens with two attached hydrogens (primary N) is 1. The molecule has 2 aromatic heterocycles. The summed E-state index contributed by atoms with van der Waals surface area (Å²) in [7, 11) is 3.77. The SMILES string of the molecule is COCCOc1nc(N)c2[nH]c(=O)n(Cc3ccc(CN(C)CCC/C(C)=C/CC/C(C)=C/CC/C(C)=C/CC/C=C(\C)CC/C=C(\C)CCC=C(C)C)cc3)c2n1. The molecule has 0 saturated heterocycles. The Bertz CT molecular complexity index is 1940. The fraction of sp³-hybridized carbons (Fsp3) is 0.531. The van der Waals surface area contributed by atoms with Gasteiger partial charge in [0.15, 0.2) is 11.5 Å². The van der Waals surface area contributed by atoms with E-state index in [-0.39, 0.29) is 24.1 Å². The van der Waals surface area contributed by atoms with Crippen LogP contribution in [0.4, 0.5) is 5.82 Å². The zero-order valence-corrected chi connectivity index (χ0v) is 37.4. The Morgan fingerprint density at radius 1 is 0.707 bits per heavy atom. The third-order valence-corrected chi connectivity index (χ3v) is 10.4. The summed E-state index contributed by atoms with van der Waals surface area (Å²) in [4.78, 5) is 26.5. The van der Waals surface area contributed by atoms with E-state index in [9.17, 15) is 4.79 Å². The predicted molar refractivity (Wildman–Crippen MR) is 245 cm³/mol. The number of nitrogens with zero attached hydrogens (tertiary/aromatic N) is 4. The predicted octanol–water partition coefficient (Wildman–Crippen LogP) is 11.6. The Kier molecular flexibility index (Phi) is 21.9. The van der Waals surface area contributed by atoms with Crippen molar-refractivity contribution in [3.8, 4) is 6.01 Å². The van der Waals surface area contributed by atoms with Crippen molar-refractivity contribution in [2.75, 3.05) is 39.6 Å². The third kappa shape index (κ3) is 18.9. The molecule has 0 aliphatic rings. The number of ether oxygens (including phenoxy) is 2. The molecule has 0 bridgehead atoms. The molecule has 0 aliphatic carbocycles. The summed E-state index contributed by atoms with van der Waals surface area (Å²) in [5.41, 5.74) is 17.8. The summed E-state index contributed by atoms with van der Waals surface area (Å²) in [5.74, 6) is 0.172. The minimum Gasteiger partial charge on any atom is -0.461 e. The number of rotatable bonds is 27. The summed E-state index contributed by atoms with van der Waals surface area (Å²) in [5, 5.41) is 0. The Labute approximate surface area is 349 Å². The van der Waals surface area contributed by atoms with Crippen LogP contribution >= 0.6 is 0 Å². The number of imidazole rings is 1. The molecule has 0 atom stereocenters. The number of anilines is 1. The Balaban J connectivity index is 1.31. The highest BCUT2D eigenvalue weighted by molar-refractivity contribution is 5.81. The van der Waals surface area contributed by atoms with Gasteiger partial charge in [-0.25, -0.2) is 4.79 Å². The lowest BCUT2D eigenvalue weighted by molar-refractivity contribution is 0.141. The van der Waals surface area contributed by atoms with Crippen LogP contribution in [0, 0.1) is 0 Å². The van der Waals surface area contributed by atoms with E-state index < -0.39 is 0 Å². The van der Waals surface area contributed by atoms with Gasteiger partial charge >= 0.3 is 11.7 Å². The molecule has 2 heterocycles. The lowest BCUT2D eigenvalue weighted by atomic mass is 10.0. The van der Waals surface area contributed by atoms with E-state index in [1.165, 1.54) is 51.8 Å². The van der Waals surface area contributed by atoms with Crippen LogP contribution in [0.3, 0.4) is 0 Å². The van der Waals surface area contributed by atoms with E-state index in [1.54, 1.807) is 11.7 Å². The maximum Gasteiger partial charge on any atom is 0.328 e. The zero-order chi connectivity index (χ0) is 42.3. The summed E-state index contributed by atoms with van der Waals surface area (Å²) < 4.78 is 12.1. The molecule has 0 amide bonds. The van der Waals surface area contributed by atoms with Crippen LogP contribution in [0.2, 0.25) is 0 Å². The first-order valence-corrected chi connectivity index (χ1v) is 21.4. The number of nitrogen functional groups attached to an aromatic ring is 1. The first kappa shape index (κ1) is 47.9. The lowest BCUT2D eigenvalue weighted by Crippen LogP contribution is -2.19. The van der Waals surface area contributed by atoms with Crippen LogP contribution in [0.5, 0.6) is 6.01 Å². The van der Waals surface area contributed by atoms with Crippen LogP contribution < -0.4 is 16.2 Å². The number of benzene rings is 1. The second-order valence-corrected chi connectivity index (χ2v) is 16.4. The minimum atomic E-state index is -0.292. The van der Waals surface area contributed by atoms with Crippen molar-refractivity contribution < 1.29 is 9.47 Å². The van der Waals surface area contributed by atoms with Gasteiger partial charge < -0.3 is 25.1 Å². The summed E-state index contributed by atoms with van der Waals surface area (Å²) in [6.07, 6.45) is 28.2. The van der Waals surface area contributed by atoms with Crippen molar-refractivity contribution in [2.45, 2.75) is 139 Å². The standard InChI is InChI=1S/C49H74N6O3/c1-37(2)17-12-20-40(5)23-13-21-38(3)18-10-11-19-39(4)22-14-24-41(6)25-15-26-42(7)27-16-32-54(8)35-43-28-30-44(31-29-43)36-55-47-45(51-49(55)56)46(50)52-48(53-47)58-34-33-57-9/h17-19,23-24,26,28-31H,10-16,20-22,25,27,32-36H2,1-9H3,(H,51,56)(H2,50,52,53)/b38-18+,39-19+,40-23+,41-24+,42-26+. The minimum absolute atomic E-state index is 0.117. The van der Waals surface area contributed by atoms with E-state index in [0.29, 0.717) is 24.3 Å². The van der Waals surface area contributed by atoms with Gasteiger partial charge in [0.2, 0.25) is 0 Å². The molecule has 3 rings (SSSR count). The van der Waals surface area contributed by atoms with E-state index in [4.69, 9.17) is 15.2 Å². The molecule has 3 aromatic rings. The molecule has 0 saturated carbocycles. The van der Waals surface area contributed by atoms with Gasteiger partial charge in [-0.3, -0.25) is 4.57 Å². The number of nitrogens with one attached hydrogen (secondary N) is 1. The summed E-state index contributed by atoms with van der Waals surface area (Å²) in [6, 6.07) is 8.50. The quantitative estimate of drug-likeness (QED) is 0.0584. The molecule has 9 nitrogen and oxygen atoms in total. The third-order valence-electron chi connectivity index (χ3n) is 10.4. The van der Waals surface area contributed by atoms with Crippen LogP contribution in [0.15, 0.2) is 99.0 Å². The number of allylic oxidation sites excluding steroid dienone is 12. The van der Waals surface area contributed by atoms with Crippen molar-refractivity contribution in [2.24, 2.45) is 0 Å².